The molecule has 33 heavy (non-hydrogen) atoms. The van der Waals surface area contributed by atoms with Crippen LogP contribution in [0, 0.1) is 0 Å². The van der Waals surface area contributed by atoms with Crippen LogP contribution in [0.3, 0.4) is 0 Å². The third-order valence-corrected chi connectivity index (χ3v) is 6.42. The Bertz CT molecular complexity index is 1280. The van der Waals surface area contributed by atoms with Crippen molar-refractivity contribution in [3.63, 3.8) is 0 Å². The van der Waals surface area contributed by atoms with Gasteiger partial charge in [0.05, 0.1) is 27.9 Å². The number of thiazole rings is 1. The predicted molar refractivity (Wildman–Crippen MR) is 129 cm³/mol. The Morgan fingerprint density at radius 2 is 1.79 bits per heavy atom. The molecule has 168 valence electrons. The molecule has 0 aliphatic carbocycles. The third-order valence-electron chi connectivity index (χ3n) is 4.66. The zero-order chi connectivity index (χ0) is 23.4. The van der Waals surface area contributed by atoms with Gasteiger partial charge in [-0.2, -0.15) is 0 Å². The van der Waals surface area contributed by atoms with E-state index in [0.29, 0.717) is 15.0 Å². The average molecular weight is 481 g/mol. The Hall–Kier alpha value is -3.76. The number of hydrogen-bond acceptors (Lipinski definition) is 7. The maximum Gasteiger partial charge on any atom is 0.291 e. The van der Waals surface area contributed by atoms with Gasteiger partial charge in [0, 0.05) is 17.9 Å². The van der Waals surface area contributed by atoms with Crippen molar-refractivity contribution in [2.24, 2.45) is 0 Å². The normalized spacial score (nSPS) is 11.6. The van der Waals surface area contributed by atoms with E-state index in [2.05, 4.69) is 20.9 Å². The number of thiophene rings is 1. The molecule has 1 atom stereocenters. The van der Waals surface area contributed by atoms with E-state index in [0.717, 1.165) is 28.2 Å². The van der Waals surface area contributed by atoms with E-state index in [9.17, 15) is 14.4 Å². The molecule has 0 radical (unpaired) electrons. The van der Waals surface area contributed by atoms with Crippen molar-refractivity contribution >= 4 is 50.5 Å². The van der Waals surface area contributed by atoms with Crippen molar-refractivity contribution in [1.82, 2.24) is 10.3 Å². The molecule has 0 aliphatic heterocycles. The largest absolute Gasteiger partial charge is 0.459 e. The number of benzene rings is 1. The van der Waals surface area contributed by atoms with Gasteiger partial charge in [-0.25, -0.2) is 4.98 Å². The maximum absolute atomic E-state index is 12.6. The predicted octanol–water partition coefficient (Wildman–Crippen LogP) is 5.17. The Labute approximate surface area is 197 Å². The minimum Gasteiger partial charge on any atom is -0.459 e. The summed E-state index contributed by atoms with van der Waals surface area (Å²) in [6.45, 7) is 3.41. The second kappa shape index (κ2) is 9.80. The van der Waals surface area contributed by atoms with E-state index in [4.69, 9.17) is 4.42 Å². The highest BCUT2D eigenvalue weighted by molar-refractivity contribution is 7.18. The molecule has 3 N–H and O–H groups in total. The van der Waals surface area contributed by atoms with Crippen molar-refractivity contribution in [2.45, 2.75) is 19.9 Å². The molecule has 3 heterocycles. The molecular weight excluding hydrogens is 460 g/mol. The first-order valence-electron chi connectivity index (χ1n) is 9.98. The van der Waals surface area contributed by atoms with Crippen molar-refractivity contribution in [3.8, 4) is 11.3 Å². The van der Waals surface area contributed by atoms with Crippen LogP contribution in [0.2, 0.25) is 0 Å². The number of nitrogens with one attached hydrogen (secondary N) is 3. The minimum absolute atomic E-state index is 0.0794. The lowest BCUT2D eigenvalue weighted by Crippen LogP contribution is -2.23. The van der Waals surface area contributed by atoms with Crippen LogP contribution >= 0.6 is 22.7 Å². The van der Waals surface area contributed by atoms with Crippen molar-refractivity contribution in [2.75, 3.05) is 10.6 Å². The number of aromatic nitrogens is 1. The number of nitrogens with zero attached hydrogens (tertiary/aromatic N) is 1. The van der Waals surface area contributed by atoms with Gasteiger partial charge in [0.15, 0.2) is 10.9 Å². The molecule has 1 aromatic carbocycles. The van der Waals surface area contributed by atoms with Gasteiger partial charge in [0.1, 0.15) is 0 Å². The summed E-state index contributed by atoms with van der Waals surface area (Å²) >= 11 is 2.48. The summed E-state index contributed by atoms with van der Waals surface area (Å²) in [5, 5.41) is 11.2. The summed E-state index contributed by atoms with van der Waals surface area (Å²) in [6.07, 6.45) is 1.42. The zero-order valence-electron chi connectivity index (χ0n) is 17.7. The highest BCUT2D eigenvalue weighted by Crippen LogP contribution is 2.28. The number of anilines is 2. The highest BCUT2D eigenvalue weighted by atomic mass is 32.1. The van der Waals surface area contributed by atoms with E-state index >= 15 is 0 Å². The molecule has 3 aromatic heterocycles. The third kappa shape index (κ3) is 5.54. The van der Waals surface area contributed by atoms with Crippen molar-refractivity contribution < 1.29 is 18.8 Å². The first-order valence-corrected chi connectivity index (χ1v) is 11.7. The maximum atomic E-state index is 12.6. The molecule has 10 heteroatoms. The van der Waals surface area contributed by atoms with Gasteiger partial charge in [-0.15, -0.1) is 22.7 Å². The lowest BCUT2D eigenvalue weighted by Gasteiger charge is -2.12. The molecule has 1 unspecified atom stereocenters. The topological polar surface area (TPSA) is 113 Å². The smallest absolute Gasteiger partial charge is 0.291 e. The van der Waals surface area contributed by atoms with Crippen LogP contribution in [0.25, 0.3) is 11.3 Å². The van der Waals surface area contributed by atoms with Crippen LogP contribution in [0.4, 0.5) is 10.1 Å². The average Bonchev–Trinajstić information content (AvgIpc) is 3.55. The molecule has 0 fully saturated rings. The standard InChI is InChI=1S/C23H20N4O4S2/c1-13(24-14(2)28)15-5-7-16(8-6-15)17-12-32-23(25-17)27-22(30)19-9-10-20(33-19)26-21(29)18-4-3-11-31-18/h3-13H,1-2H3,(H,24,28)(H,26,29)(H,25,27,30). The van der Waals surface area contributed by atoms with Crippen LogP contribution in [0.5, 0.6) is 0 Å². The van der Waals surface area contributed by atoms with Crippen LogP contribution < -0.4 is 16.0 Å². The molecule has 0 saturated heterocycles. The number of furan rings is 1. The van der Waals surface area contributed by atoms with E-state index in [1.165, 1.54) is 24.5 Å². The lowest BCUT2D eigenvalue weighted by atomic mass is 10.1. The molecular formula is C23H20N4O4S2. The Kier molecular flexibility index (Phi) is 6.66. The summed E-state index contributed by atoms with van der Waals surface area (Å²) in [5.41, 5.74) is 2.64. The minimum atomic E-state index is -0.379. The summed E-state index contributed by atoms with van der Waals surface area (Å²) in [6, 6.07) is 14.2. The number of hydrogen-bond donors (Lipinski definition) is 3. The first kappa shape index (κ1) is 22.4. The molecule has 0 saturated carbocycles. The molecule has 0 spiro atoms. The van der Waals surface area contributed by atoms with Gasteiger partial charge in [0.25, 0.3) is 11.8 Å². The molecule has 0 aliphatic rings. The van der Waals surface area contributed by atoms with Crippen molar-refractivity contribution in [3.05, 3.63) is 76.4 Å². The molecule has 8 nitrogen and oxygen atoms in total. The van der Waals surface area contributed by atoms with E-state index in [-0.39, 0.29) is 29.5 Å². The fourth-order valence-corrected chi connectivity index (χ4v) is 4.57. The fourth-order valence-electron chi connectivity index (χ4n) is 3.06. The Morgan fingerprint density at radius 1 is 1.00 bits per heavy atom. The fraction of sp³-hybridized carbons (Fsp3) is 0.130. The van der Waals surface area contributed by atoms with E-state index in [1.807, 2.05) is 36.6 Å². The summed E-state index contributed by atoms with van der Waals surface area (Å²) in [4.78, 5) is 40.8. The quantitative estimate of drug-likeness (QED) is 0.338. The molecule has 4 aromatic rings. The second-order valence-corrected chi connectivity index (χ2v) is 9.07. The monoisotopic (exact) mass is 480 g/mol. The first-order chi connectivity index (χ1) is 15.9. The number of rotatable bonds is 7. The number of amides is 3. The number of carbonyl (C=O) groups excluding carboxylic acids is 3. The van der Waals surface area contributed by atoms with Crippen LogP contribution in [0.15, 0.2) is 64.6 Å². The number of carbonyl (C=O) groups is 3. The molecule has 0 bridgehead atoms. The SMILES string of the molecule is CC(=O)NC(C)c1ccc(-c2csc(NC(=O)c3ccc(NC(=O)c4ccco4)s3)n2)cc1. The summed E-state index contributed by atoms with van der Waals surface area (Å²) in [7, 11) is 0. The van der Waals surface area contributed by atoms with Gasteiger partial charge < -0.3 is 15.1 Å². The summed E-state index contributed by atoms with van der Waals surface area (Å²) < 4.78 is 5.06. The van der Waals surface area contributed by atoms with Crippen LogP contribution in [0.1, 0.15) is 45.7 Å². The van der Waals surface area contributed by atoms with Gasteiger partial charge in [0.2, 0.25) is 5.91 Å². The Balaban J connectivity index is 1.37. The highest BCUT2D eigenvalue weighted by Gasteiger charge is 2.15. The van der Waals surface area contributed by atoms with E-state index in [1.54, 1.807) is 24.3 Å². The van der Waals surface area contributed by atoms with Gasteiger partial charge in [-0.05, 0) is 36.8 Å². The van der Waals surface area contributed by atoms with Gasteiger partial charge in [-0.1, -0.05) is 24.3 Å². The molecule has 4 rings (SSSR count). The molecule has 3 amide bonds. The lowest BCUT2D eigenvalue weighted by molar-refractivity contribution is -0.119. The Morgan fingerprint density at radius 3 is 2.48 bits per heavy atom. The zero-order valence-corrected chi connectivity index (χ0v) is 19.4. The van der Waals surface area contributed by atoms with Crippen LogP contribution in [-0.2, 0) is 4.79 Å². The second-order valence-electron chi connectivity index (χ2n) is 7.13. The van der Waals surface area contributed by atoms with E-state index < -0.39 is 0 Å². The summed E-state index contributed by atoms with van der Waals surface area (Å²) in [5.74, 6) is -0.568. The van der Waals surface area contributed by atoms with Crippen LogP contribution in [-0.4, -0.2) is 22.7 Å². The van der Waals surface area contributed by atoms with Gasteiger partial charge in [-0.3, -0.25) is 19.7 Å². The van der Waals surface area contributed by atoms with Gasteiger partial charge >= 0.3 is 0 Å². The van der Waals surface area contributed by atoms with Crippen molar-refractivity contribution in [1.29, 1.82) is 0 Å².